The molecule has 78 valence electrons. The molecule has 0 aliphatic carbocycles. The first-order chi connectivity index (χ1) is 6.66. The molecule has 1 aromatic heterocycles. The molecule has 0 saturated heterocycles. The molecule has 0 amide bonds. The number of carbonyl (C=O) groups is 1. The second-order valence-electron chi connectivity index (χ2n) is 3.44. The largest absolute Gasteiger partial charge is 0.472 e. The van der Waals surface area contributed by atoms with Gasteiger partial charge in [0.05, 0.1) is 13.6 Å². The molecular formula is C10H17N2O2+. The lowest BCUT2D eigenvalue weighted by molar-refractivity contribution is -0.673. The summed E-state index contributed by atoms with van der Waals surface area (Å²) in [4.78, 5) is 10.9. The van der Waals surface area contributed by atoms with Crippen LogP contribution in [0.25, 0.3) is 0 Å². The molecule has 0 aliphatic heterocycles. The normalized spacial score (nSPS) is 10.4. The van der Waals surface area contributed by atoms with Crippen molar-refractivity contribution in [3.05, 3.63) is 18.2 Å². The van der Waals surface area contributed by atoms with Crippen LogP contribution in [0.2, 0.25) is 0 Å². The van der Waals surface area contributed by atoms with Crippen molar-refractivity contribution in [2.75, 3.05) is 0 Å². The summed E-state index contributed by atoms with van der Waals surface area (Å²) in [5.74, 6) is -0.518. The van der Waals surface area contributed by atoms with Crippen LogP contribution in [0.4, 0.5) is 0 Å². The number of rotatable bonds is 5. The van der Waals surface area contributed by atoms with Crippen LogP contribution in [-0.4, -0.2) is 15.6 Å². The Bertz CT molecular complexity index is 318. The van der Waals surface area contributed by atoms with Crippen molar-refractivity contribution in [2.45, 2.75) is 32.7 Å². The highest BCUT2D eigenvalue weighted by atomic mass is 16.4. The number of unbranched alkanes of at least 4 members (excludes halogenated alkanes) is 2. The van der Waals surface area contributed by atoms with E-state index in [1.807, 2.05) is 6.20 Å². The fourth-order valence-electron chi connectivity index (χ4n) is 1.51. The number of aromatic nitrogens is 2. The maximum atomic E-state index is 10.9. The second kappa shape index (κ2) is 4.79. The van der Waals surface area contributed by atoms with Crippen molar-refractivity contribution in [1.29, 1.82) is 0 Å². The van der Waals surface area contributed by atoms with E-state index in [0.717, 1.165) is 25.8 Å². The van der Waals surface area contributed by atoms with E-state index in [4.69, 9.17) is 5.11 Å². The van der Waals surface area contributed by atoms with Gasteiger partial charge in [-0.25, -0.2) is 13.9 Å². The third-order valence-electron chi connectivity index (χ3n) is 2.27. The maximum Gasteiger partial charge on any atom is 0.419 e. The molecule has 1 heterocycles. The highest BCUT2D eigenvalue weighted by molar-refractivity contribution is 5.81. The Balaban J connectivity index is 2.71. The first-order valence-electron chi connectivity index (χ1n) is 4.95. The van der Waals surface area contributed by atoms with Gasteiger partial charge >= 0.3 is 11.8 Å². The average molecular weight is 197 g/mol. The van der Waals surface area contributed by atoms with Crippen LogP contribution in [-0.2, 0) is 13.6 Å². The van der Waals surface area contributed by atoms with Crippen molar-refractivity contribution in [3.8, 4) is 0 Å². The Labute approximate surface area is 83.8 Å². The summed E-state index contributed by atoms with van der Waals surface area (Å²) in [6.07, 6.45) is 6.91. The van der Waals surface area contributed by atoms with Gasteiger partial charge in [-0.1, -0.05) is 13.3 Å². The molecule has 0 unspecified atom stereocenters. The predicted octanol–water partition coefficient (Wildman–Crippen LogP) is 1.20. The van der Waals surface area contributed by atoms with E-state index in [-0.39, 0.29) is 0 Å². The first-order valence-corrected chi connectivity index (χ1v) is 4.95. The molecule has 1 N–H and O–H groups in total. The molecule has 4 nitrogen and oxygen atoms in total. The molecule has 0 bridgehead atoms. The van der Waals surface area contributed by atoms with Crippen LogP contribution in [0, 0.1) is 0 Å². The van der Waals surface area contributed by atoms with Crippen LogP contribution in [0.1, 0.15) is 36.8 Å². The van der Waals surface area contributed by atoms with Gasteiger partial charge < -0.3 is 5.11 Å². The maximum absolute atomic E-state index is 10.9. The lowest BCUT2D eigenvalue weighted by Gasteiger charge is -1.98. The van der Waals surface area contributed by atoms with Gasteiger partial charge in [-0.2, -0.15) is 0 Å². The highest BCUT2D eigenvalue weighted by Crippen LogP contribution is 2.01. The lowest BCUT2D eigenvalue weighted by atomic mass is 10.2. The van der Waals surface area contributed by atoms with Gasteiger partial charge in [0.25, 0.3) is 0 Å². The quantitative estimate of drug-likeness (QED) is 0.569. The number of hydrogen-bond acceptors (Lipinski definition) is 1. The molecule has 4 heteroatoms. The average Bonchev–Trinajstić information content (AvgIpc) is 2.47. The Kier molecular flexibility index (Phi) is 3.68. The van der Waals surface area contributed by atoms with Gasteiger partial charge in [0, 0.05) is 0 Å². The Hall–Kier alpha value is -1.32. The Morgan fingerprint density at radius 3 is 2.86 bits per heavy atom. The third kappa shape index (κ3) is 2.34. The van der Waals surface area contributed by atoms with E-state index >= 15 is 0 Å². The topological polar surface area (TPSA) is 46.1 Å². The second-order valence-corrected chi connectivity index (χ2v) is 3.44. The fraction of sp³-hybridized carbons (Fsp3) is 0.600. The molecule has 0 radical (unpaired) electrons. The standard InChI is InChI=1S/C10H16N2O2/c1-3-4-5-6-12-8-7-11(2)9(12)10(13)14/h7-8H,3-6H2,1-2H3/p+1. The van der Waals surface area contributed by atoms with Crippen LogP contribution in [0.15, 0.2) is 12.4 Å². The van der Waals surface area contributed by atoms with Crippen molar-refractivity contribution >= 4 is 5.97 Å². The van der Waals surface area contributed by atoms with Crippen LogP contribution in [0.3, 0.4) is 0 Å². The smallest absolute Gasteiger partial charge is 0.419 e. The molecule has 0 atom stereocenters. The number of carboxylic acid groups (broad SMARTS) is 1. The van der Waals surface area contributed by atoms with E-state index in [2.05, 4.69) is 6.92 Å². The summed E-state index contributed by atoms with van der Waals surface area (Å²) in [6, 6.07) is 0. The SMILES string of the molecule is CCCCCn1cc[n+](C)c1C(=O)O. The minimum atomic E-state index is -0.867. The summed E-state index contributed by atoms with van der Waals surface area (Å²) < 4.78 is 3.42. The monoisotopic (exact) mass is 197 g/mol. The summed E-state index contributed by atoms with van der Waals surface area (Å²) >= 11 is 0. The number of hydrogen-bond donors (Lipinski definition) is 1. The van der Waals surface area contributed by atoms with Gasteiger partial charge in [-0.15, -0.1) is 0 Å². The van der Waals surface area contributed by atoms with Crippen LogP contribution in [0.5, 0.6) is 0 Å². The Morgan fingerprint density at radius 1 is 1.57 bits per heavy atom. The zero-order chi connectivity index (χ0) is 10.6. The molecule has 0 aliphatic rings. The molecule has 1 aromatic rings. The Morgan fingerprint density at radius 2 is 2.29 bits per heavy atom. The number of nitrogens with zero attached hydrogens (tertiary/aromatic N) is 2. The van der Waals surface area contributed by atoms with E-state index in [1.54, 1.807) is 22.4 Å². The minimum absolute atomic E-state index is 0.348. The first kappa shape index (κ1) is 10.8. The van der Waals surface area contributed by atoms with Crippen molar-refractivity contribution in [1.82, 2.24) is 4.57 Å². The van der Waals surface area contributed by atoms with Gasteiger partial charge in [0.1, 0.15) is 12.4 Å². The summed E-state index contributed by atoms with van der Waals surface area (Å²) in [5, 5.41) is 8.95. The van der Waals surface area contributed by atoms with Crippen molar-refractivity contribution in [3.63, 3.8) is 0 Å². The molecular weight excluding hydrogens is 180 g/mol. The zero-order valence-electron chi connectivity index (χ0n) is 8.73. The van der Waals surface area contributed by atoms with Gasteiger partial charge in [-0.3, -0.25) is 0 Å². The number of aromatic carboxylic acids is 1. The van der Waals surface area contributed by atoms with E-state index in [1.165, 1.54) is 0 Å². The predicted molar refractivity (Wildman–Crippen MR) is 52.1 cm³/mol. The molecule has 0 spiro atoms. The molecule has 0 saturated carbocycles. The number of imidazole rings is 1. The van der Waals surface area contributed by atoms with E-state index in [0.29, 0.717) is 5.82 Å². The molecule has 0 aromatic carbocycles. The number of carboxylic acids is 1. The molecule has 1 rings (SSSR count). The van der Waals surface area contributed by atoms with Crippen molar-refractivity contribution < 1.29 is 14.5 Å². The minimum Gasteiger partial charge on any atom is -0.472 e. The molecule has 0 fully saturated rings. The fourth-order valence-corrected chi connectivity index (χ4v) is 1.51. The van der Waals surface area contributed by atoms with E-state index in [9.17, 15) is 4.79 Å². The van der Waals surface area contributed by atoms with Gasteiger partial charge in [0.2, 0.25) is 0 Å². The van der Waals surface area contributed by atoms with Gasteiger partial charge in [-0.05, 0) is 12.8 Å². The van der Waals surface area contributed by atoms with Crippen molar-refractivity contribution in [2.24, 2.45) is 7.05 Å². The summed E-state index contributed by atoms with van der Waals surface area (Å²) in [5.41, 5.74) is 0. The third-order valence-corrected chi connectivity index (χ3v) is 2.27. The molecule has 14 heavy (non-hydrogen) atoms. The number of aryl methyl sites for hydroxylation is 2. The van der Waals surface area contributed by atoms with Crippen LogP contribution >= 0.6 is 0 Å². The lowest BCUT2D eigenvalue weighted by Crippen LogP contribution is -2.35. The van der Waals surface area contributed by atoms with Gasteiger partial charge in [0.15, 0.2) is 0 Å². The summed E-state index contributed by atoms with van der Waals surface area (Å²) in [6.45, 7) is 2.92. The van der Waals surface area contributed by atoms with E-state index < -0.39 is 5.97 Å². The van der Waals surface area contributed by atoms with Crippen LogP contribution < -0.4 is 4.57 Å². The summed E-state index contributed by atoms with van der Waals surface area (Å²) in [7, 11) is 1.75. The highest BCUT2D eigenvalue weighted by Gasteiger charge is 2.21. The zero-order valence-corrected chi connectivity index (χ0v) is 8.73.